The van der Waals surface area contributed by atoms with Crippen molar-refractivity contribution in [2.75, 3.05) is 47.6 Å². The minimum absolute atomic E-state index is 0.116. The van der Waals surface area contributed by atoms with Gasteiger partial charge in [-0.25, -0.2) is 9.80 Å². The van der Waals surface area contributed by atoms with E-state index >= 15 is 0 Å². The van der Waals surface area contributed by atoms with Crippen LogP contribution in [-0.4, -0.2) is 75.1 Å². The summed E-state index contributed by atoms with van der Waals surface area (Å²) in [7, 11) is 4.74. The van der Waals surface area contributed by atoms with Crippen LogP contribution in [0.3, 0.4) is 0 Å². The van der Waals surface area contributed by atoms with Crippen LogP contribution in [0.5, 0.6) is 11.5 Å². The molecule has 3 amide bonds. The van der Waals surface area contributed by atoms with Gasteiger partial charge in [0, 0.05) is 38.2 Å². The predicted molar refractivity (Wildman–Crippen MR) is 129 cm³/mol. The van der Waals surface area contributed by atoms with Gasteiger partial charge in [0.25, 0.3) is 5.91 Å². The van der Waals surface area contributed by atoms with Crippen LogP contribution in [0, 0.1) is 0 Å². The van der Waals surface area contributed by atoms with Crippen molar-refractivity contribution in [2.24, 2.45) is 5.10 Å². The monoisotopic (exact) mass is 468 g/mol. The molecule has 182 valence electrons. The number of amides is 3. The Hall–Kier alpha value is -3.59. The molecule has 9 nitrogen and oxygen atoms in total. The number of hydrazone groups is 1. The topological polar surface area (TPSA) is 92.7 Å². The zero-order valence-electron chi connectivity index (χ0n) is 20.1. The fourth-order valence-electron chi connectivity index (χ4n) is 3.83. The van der Waals surface area contributed by atoms with Crippen molar-refractivity contribution >= 4 is 17.6 Å². The van der Waals surface area contributed by atoms with Crippen molar-refractivity contribution in [2.45, 2.75) is 19.4 Å². The van der Waals surface area contributed by atoms with Gasteiger partial charge in [0.2, 0.25) is 0 Å². The molecule has 1 heterocycles. The summed E-state index contributed by atoms with van der Waals surface area (Å²) in [5.41, 5.74) is 2.48. The van der Waals surface area contributed by atoms with Crippen LogP contribution < -0.4 is 14.8 Å². The Morgan fingerprint density at radius 1 is 1.12 bits per heavy atom. The lowest BCUT2D eigenvalue weighted by atomic mass is 9.98. The smallest absolute Gasteiger partial charge is 0.317 e. The Kier molecular flexibility index (Phi) is 8.86. The average Bonchev–Trinajstić information content (AvgIpc) is 3.32. The summed E-state index contributed by atoms with van der Waals surface area (Å²) >= 11 is 0. The van der Waals surface area contributed by atoms with Gasteiger partial charge in [-0.1, -0.05) is 30.3 Å². The van der Waals surface area contributed by atoms with Crippen LogP contribution in [-0.2, 0) is 9.53 Å². The molecular weight excluding hydrogens is 436 g/mol. The summed E-state index contributed by atoms with van der Waals surface area (Å²) in [4.78, 5) is 27.4. The van der Waals surface area contributed by atoms with E-state index in [2.05, 4.69) is 5.32 Å². The van der Waals surface area contributed by atoms with Gasteiger partial charge in [-0.2, -0.15) is 5.10 Å². The number of urea groups is 1. The van der Waals surface area contributed by atoms with Gasteiger partial charge in [-0.05, 0) is 24.6 Å². The molecule has 1 N–H and O–H groups in total. The molecule has 0 saturated heterocycles. The highest BCUT2D eigenvalue weighted by Gasteiger charge is 2.35. The number of hydrogen-bond acceptors (Lipinski definition) is 6. The molecule has 9 heteroatoms. The predicted octanol–water partition coefficient (Wildman–Crippen LogP) is 3.06. The Labute approximate surface area is 200 Å². The molecule has 0 unspecified atom stereocenters. The lowest BCUT2D eigenvalue weighted by Crippen LogP contribution is -2.47. The minimum Gasteiger partial charge on any atom is -0.497 e. The van der Waals surface area contributed by atoms with Gasteiger partial charge < -0.3 is 24.4 Å². The Balaban J connectivity index is 1.93. The number of carbonyl (C=O) groups is 2. The van der Waals surface area contributed by atoms with Gasteiger partial charge >= 0.3 is 6.03 Å². The molecule has 0 spiro atoms. The third-order valence-electron chi connectivity index (χ3n) is 5.58. The third-order valence-corrected chi connectivity index (χ3v) is 5.58. The molecule has 1 aliphatic rings. The number of ether oxygens (including phenoxy) is 3. The molecular formula is C25H32N4O5. The highest BCUT2D eigenvalue weighted by molar-refractivity contribution is 6.05. The first-order chi connectivity index (χ1) is 16.5. The van der Waals surface area contributed by atoms with Crippen molar-refractivity contribution in [3.8, 4) is 11.5 Å². The van der Waals surface area contributed by atoms with Gasteiger partial charge in [0.1, 0.15) is 18.0 Å². The van der Waals surface area contributed by atoms with E-state index in [1.165, 1.54) is 9.91 Å². The van der Waals surface area contributed by atoms with Crippen LogP contribution in [0.15, 0.2) is 53.6 Å². The normalized spacial score (nSPS) is 15.0. The maximum absolute atomic E-state index is 13.4. The van der Waals surface area contributed by atoms with Crippen LogP contribution in [0.4, 0.5) is 4.79 Å². The van der Waals surface area contributed by atoms with Crippen molar-refractivity contribution in [3.05, 3.63) is 59.7 Å². The van der Waals surface area contributed by atoms with Gasteiger partial charge in [-0.15, -0.1) is 0 Å². The van der Waals surface area contributed by atoms with E-state index in [1.54, 1.807) is 27.4 Å². The van der Waals surface area contributed by atoms with E-state index in [-0.39, 0.29) is 24.5 Å². The summed E-state index contributed by atoms with van der Waals surface area (Å²) in [5, 5.41) is 8.94. The summed E-state index contributed by atoms with van der Waals surface area (Å²) in [6, 6.07) is 14.6. The van der Waals surface area contributed by atoms with Gasteiger partial charge in [0.05, 0.1) is 32.6 Å². The number of nitrogens with zero attached hydrogens (tertiary/aromatic N) is 3. The van der Waals surface area contributed by atoms with Gasteiger partial charge in [-0.3, -0.25) is 4.79 Å². The largest absolute Gasteiger partial charge is 0.497 e. The standard InChI is InChI=1S/C25H32N4O5/c1-5-26-25(31)28(13-14-32-2)17-24(30)29-22(18-9-7-6-8-10-18)16-21(27-29)20-12-11-19(33-3)15-23(20)34-4/h6-12,15,22H,5,13-14,16-17H2,1-4H3,(H,26,31)/t22-/m0/s1. The van der Waals surface area contributed by atoms with E-state index in [0.717, 1.165) is 16.8 Å². The summed E-state index contributed by atoms with van der Waals surface area (Å²) in [6.45, 7) is 2.80. The molecule has 0 aliphatic carbocycles. The quantitative estimate of drug-likeness (QED) is 0.579. The van der Waals surface area contributed by atoms with Crippen LogP contribution in [0.2, 0.25) is 0 Å². The van der Waals surface area contributed by atoms with Crippen molar-refractivity contribution in [3.63, 3.8) is 0 Å². The van der Waals surface area contributed by atoms with E-state index < -0.39 is 0 Å². The zero-order valence-corrected chi connectivity index (χ0v) is 20.1. The van der Waals surface area contributed by atoms with Crippen LogP contribution >= 0.6 is 0 Å². The lowest BCUT2D eigenvalue weighted by molar-refractivity contribution is -0.133. The van der Waals surface area contributed by atoms with E-state index in [4.69, 9.17) is 19.3 Å². The molecule has 2 aromatic carbocycles. The fourth-order valence-corrected chi connectivity index (χ4v) is 3.83. The van der Waals surface area contributed by atoms with Crippen LogP contribution in [0.25, 0.3) is 0 Å². The van der Waals surface area contributed by atoms with E-state index in [0.29, 0.717) is 37.6 Å². The fraction of sp³-hybridized carbons (Fsp3) is 0.400. The van der Waals surface area contributed by atoms with Crippen molar-refractivity contribution in [1.29, 1.82) is 0 Å². The second kappa shape index (κ2) is 12.0. The second-order valence-electron chi connectivity index (χ2n) is 7.73. The Morgan fingerprint density at radius 3 is 2.53 bits per heavy atom. The minimum atomic E-state index is -0.315. The molecule has 0 saturated carbocycles. The zero-order chi connectivity index (χ0) is 24.5. The van der Waals surface area contributed by atoms with Crippen molar-refractivity contribution in [1.82, 2.24) is 15.2 Å². The first kappa shape index (κ1) is 25.0. The summed E-state index contributed by atoms with van der Waals surface area (Å²) < 4.78 is 16.0. The maximum Gasteiger partial charge on any atom is 0.317 e. The van der Waals surface area contributed by atoms with E-state index in [1.807, 2.05) is 49.4 Å². The molecule has 1 aliphatic heterocycles. The molecule has 0 fully saturated rings. The van der Waals surface area contributed by atoms with E-state index in [9.17, 15) is 9.59 Å². The molecule has 2 aromatic rings. The number of rotatable bonds is 10. The van der Waals surface area contributed by atoms with Gasteiger partial charge in [0.15, 0.2) is 0 Å². The Morgan fingerprint density at radius 2 is 1.88 bits per heavy atom. The number of carbonyl (C=O) groups excluding carboxylic acids is 2. The molecule has 0 aromatic heterocycles. The number of hydrogen-bond donors (Lipinski definition) is 1. The molecule has 1 atom stereocenters. The maximum atomic E-state index is 13.4. The molecule has 34 heavy (non-hydrogen) atoms. The molecule has 3 rings (SSSR count). The van der Waals surface area contributed by atoms with Crippen molar-refractivity contribution < 1.29 is 23.8 Å². The molecule has 0 radical (unpaired) electrons. The summed E-state index contributed by atoms with van der Waals surface area (Å²) in [6.07, 6.45) is 0.512. The Bertz CT molecular complexity index is 1010. The number of benzene rings is 2. The second-order valence-corrected chi connectivity index (χ2v) is 7.73. The summed E-state index contributed by atoms with van der Waals surface area (Å²) in [5.74, 6) is 1.00. The first-order valence-electron chi connectivity index (χ1n) is 11.2. The molecule has 0 bridgehead atoms. The number of nitrogens with one attached hydrogen (secondary N) is 1. The third kappa shape index (κ3) is 5.85. The first-order valence-corrected chi connectivity index (χ1v) is 11.2. The average molecular weight is 469 g/mol. The van der Waals surface area contributed by atoms with Crippen LogP contribution in [0.1, 0.15) is 30.5 Å². The SMILES string of the molecule is CCNC(=O)N(CCOC)CC(=O)N1N=C(c2ccc(OC)cc2OC)C[C@H]1c1ccccc1. The highest BCUT2D eigenvalue weighted by Crippen LogP contribution is 2.36. The lowest BCUT2D eigenvalue weighted by Gasteiger charge is -2.27. The highest BCUT2D eigenvalue weighted by atomic mass is 16.5. The number of methoxy groups -OCH3 is 3.